The van der Waals surface area contributed by atoms with Crippen molar-refractivity contribution in [2.75, 3.05) is 7.11 Å². The van der Waals surface area contributed by atoms with E-state index in [9.17, 15) is 9.90 Å². The van der Waals surface area contributed by atoms with Crippen molar-refractivity contribution in [2.24, 2.45) is 0 Å². The van der Waals surface area contributed by atoms with Gasteiger partial charge in [-0.05, 0) is 6.92 Å². The van der Waals surface area contributed by atoms with Crippen molar-refractivity contribution in [1.82, 2.24) is 15.3 Å². The Labute approximate surface area is 98.5 Å². The zero-order valence-electron chi connectivity index (χ0n) is 9.62. The number of carboxylic acid groups (broad SMARTS) is 1. The number of aliphatic hydroxyl groups excluding tert-OH is 1. The van der Waals surface area contributed by atoms with Crippen LogP contribution >= 0.6 is 0 Å². The molecular formula is C10H15N3O4. The van der Waals surface area contributed by atoms with Gasteiger partial charge in [0.2, 0.25) is 0 Å². The van der Waals surface area contributed by atoms with E-state index in [0.29, 0.717) is 5.56 Å². The predicted octanol–water partition coefficient (Wildman–Crippen LogP) is -0.591. The maximum absolute atomic E-state index is 10.8. The lowest BCUT2D eigenvalue weighted by atomic mass is 10.2. The van der Waals surface area contributed by atoms with Crippen LogP contribution in [0.3, 0.4) is 0 Å². The Balaban J connectivity index is 2.56. The van der Waals surface area contributed by atoms with Crippen LogP contribution in [0.15, 0.2) is 12.4 Å². The van der Waals surface area contributed by atoms with Crippen LogP contribution in [0.1, 0.15) is 12.5 Å². The molecule has 1 rings (SSSR count). The number of carboxylic acids is 1. The average molecular weight is 241 g/mol. The van der Waals surface area contributed by atoms with E-state index < -0.39 is 18.1 Å². The summed E-state index contributed by atoms with van der Waals surface area (Å²) in [4.78, 5) is 18.6. The summed E-state index contributed by atoms with van der Waals surface area (Å²) >= 11 is 0. The van der Waals surface area contributed by atoms with E-state index in [1.165, 1.54) is 26.4 Å². The number of hydrogen-bond donors (Lipinski definition) is 3. The number of nitrogens with zero attached hydrogens (tertiary/aromatic N) is 2. The van der Waals surface area contributed by atoms with E-state index in [0.717, 1.165) is 0 Å². The van der Waals surface area contributed by atoms with Gasteiger partial charge < -0.3 is 14.9 Å². The Kier molecular flexibility index (Phi) is 4.80. The molecule has 0 aliphatic rings. The second-order valence-electron chi connectivity index (χ2n) is 3.52. The summed E-state index contributed by atoms with van der Waals surface area (Å²) in [6.07, 6.45) is 2.08. The summed E-state index contributed by atoms with van der Waals surface area (Å²) in [5, 5.41) is 20.8. The lowest BCUT2D eigenvalue weighted by Crippen LogP contribution is -2.44. The highest BCUT2D eigenvalue weighted by molar-refractivity contribution is 5.74. The molecule has 1 aromatic rings. The molecular weight excluding hydrogens is 226 g/mol. The molecule has 0 fully saturated rings. The highest BCUT2D eigenvalue weighted by Crippen LogP contribution is 2.02. The Bertz CT molecular complexity index is 366. The fraction of sp³-hybridized carbons (Fsp3) is 0.500. The first-order valence-electron chi connectivity index (χ1n) is 5.03. The van der Waals surface area contributed by atoms with Crippen molar-refractivity contribution in [3.8, 4) is 6.01 Å². The summed E-state index contributed by atoms with van der Waals surface area (Å²) in [6.45, 7) is 1.67. The Hall–Kier alpha value is -1.73. The molecule has 2 atom stereocenters. The third kappa shape index (κ3) is 3.97. The minimum absolute atomic E-state index is 0.249. The quantitative estimate of drug-likeness (QED) is 0.611. The number of nitrogens with one attached hydrogen (secondary N) is 1. The van der Waals surface area contributed by atoms with Crippen molar-refractivity contribution in [1.29, 1.82) is 0 Å². The molecule has 0 aliphatic carbocycles. The van der Waals surface area contributed by atoms with Crippen LogP contribution < -0.4 is 10.1 Å². The van der Waals surface area contributed by atoms with Crippen LogP contribution in [0.25, 0.3) is 0 Å². The molecule has 17 heavy (non-hydrogen) atoms. The second kappa shape index (κ2) is 6.12. The third-order valence-electron chi connectivity index (χ3n) is 2.14. The van der Waals surface area contributed by atoms with Gasteiger partial charge in [-0.3, -0.25) is 10.1 Å². The van der Waals surface area contributed by atoms with Crippen LogP contribution in [-0.4, -0.2) is 45.4 Å². The monoisotopic (exact) mass is 241 g/mol. The molecule has 0 unspecified atom stereocenters. The van der Waals surface area contributed by atoms with Gasteiger partial charge in [0.15, 0.2) is 0 Å². The SMILES string of the molecule is COc1ncc(CN[C@@H](C(=O)O)[C@@H](C)O)cn1. The smallest absolute Gasteiger partial charge is 0.323 e. The number of carbonyl (C=O) groups is 1. The lowest BCUT2D eigenvalue weighted by Gasteiger charge is -2.16. The number of hydrogen-bond acceptors (Lipinski definition) is 6. The number of aliphatic hydroxyl groups is 1. The normalized spacial score (nSPS) is 14.1. The molecule has 1 heterocycles. The van der Waals surface area contributed by atoms with E-state index in [2.05, 4.69) is 15.3 Å². The van der Waals surface area contributed by atoms with Gasteiger partial charge in [0, 0.05) is 24.5 Å². The van der Waals surface area contributed by atoms with E-state index in [1.807, 2.05) is 0 Å². The van der Waals surface area contributed by atoms with E-state index >= 15 is 0 Å². The number of rotatable bonds is 6. The topological polar surface area (TPSA) is 105 Å². The number of aromatic nitrogens is 2. The molecule has 0 aromatic carbocycles. The maximum Gasteiger partial charge on any atom is 0.323 e. The maximum atomic E-state index is 10.8. The van der Waals surface area contributed by atoms with Crippen LogP contribution in [0.5, 0.6) is 6.01 Å². The standard InChI is InChI=1S/C10H15N3O4/c1-6(14)8(9(15)16)11-3-7-4-12-10(17-2)13-5-7/h4-6,8,11,14H,3H2,1-2H3,(H,15,16)/t6-,8-/m1/s1. The fourth-order valence-electron chi connectivity index (χ4n) is 1.23. The zero-order valence-corrected chi connectivity index (χ0v) is 9.62. The number of ether oxygens (including phenoxy) is 1. The molecule has 0 saturated carbocycles. The lowest BCUT2D eigenvalue weighted by molar-refractivity contribution is -0.142. The molecule has 0 aliphatic heterocycles. The highest BCUT2D eigenvalue weighted by Gasteiger charge is 2.21. The fourth-order valence-corrected chi connectivity index (χ4v) is 1.23. The molecule has 94 valence electrons. The second-order valence-corrected chi connectivity index (χ2v) is 3.52. The first kappa shape index (κ1) is 13.3. The molecule has 0 radical (unpaired) electrons. The van der Waals surface area contributed by atoms with Crippen LogP contribution in [0, 0.1) is 0 Å². The minimum Gasteiger partial charge on any atom is -0.480 e. The predicted molar refractivity (Wildman–Crippen MR) is 58.5 cm³/mol. The average Bonchev–Trinajstić information content (AvgIpc) is 2.29. The van der Waals surface area contributed by atoms with E-state index in [1.54, 1.807) is 0 Å². The first-order chi connectivity index (χ1) is 8.04. The molecule has 3 N–H and O–H groups in total. The minimum atomic E-state index is -1.10. The summed E-state index contributed by atoms with van der Waals surface area (Å²) < 4.78 is 4.79. The van der Waals surface area contributed by atoms with Crippen LogP contribution in [0.4, 0.5) is 0 Å². The summed E-state index contributed by atoms with van der Waals surface area (Å²) in [5.41, 5.74) is 0.706. The first-order valence-corrected chi connectivity index (χ1v) is 5.03. The molecule has 7 heteroatoms. The largest absolute Gasteiger partial charge is 0.480 e. The summed E-state index contributed by atoms with van der Waals surface area (Å²) in [5.74, 6) is -1.10. The van der Waals surface area contributed by atoms with Gasteiger partial charge in [-0.15, -0.1) is 0 Å². The molecule has 0 spiro atoms. The molecule has 0 amide bonds. The summed E-state index contributed by atoms with van der Waals surface area (Å²) in [7, 11) is 1.46. The molecule has 1 aromatic heterocycles. The molecule has 7 nitrogen and oxygen atoms in total. The van der Waals surface area contributed by atoms with E-state index in [4.69, 9.17) is 9.84 Å². The van der Waals surface area contributed by atoms with Gasteiger partial charge >= 0.3 is 12.0 Å². The Morgan fingerprint density at radius 1 is 1.53 bits per heavy atom. The van der Waals surface area contributed by atoms with Gasteiger partial charge in [0.25, 0.3) is 0 Å². The highest BCUT2D eigenvalue weighted by atomic mass is 16.5. The summed E-state index contributed by atoms with van der Waals surface area (Å²) in [6, 6.07) is -0.767. The van der Waals surface area contributed by atoms with Gasteiger partial charge in [-0.2, -0.15) is 0 Å². The zero-order chi connectivity index (χ0) is 12.8. The van der Waals surface area contributed by atoms with Gasteiger partial charge in [0.05, 0.1) is 13.2 Å². The third-order valence-corrected chi connectivity index (χ3v) is 2.14. The van der Waals surface area contributed by atoms with Crippen LogP contribution in [0.2, 0.25) is 0 Å². The van der Waals surface area contributed by atoms with Crippen molar-refractivity contribution < 1.29 is 19.7 Å². The van der Waals surface area contributed by atoms with E-state index in [-0.39, 0.29) is 12.6 Å². The van der Waals surface area contributed by atoms with Gasteiger partial charge in [-0.25, -0.2) is 9.97 Å². The number of methoxy groups -OCH3 is 1. The molecule has 0 bridgehead atoms. The van der Waals surface area contributed by atoms with Crippen LogP contribution in [-0.2, 0) is 11.3 Å². The van der Waals surface area contributed by atoms with Crippen molar-refractivity contribution >= 4 is 5.97 Å². The Morgan fingerprint density at radius 2 is 2.12 bits per heavy atom. The van der Waals surface area contributed by atoms with Crippen molar-refractivity contribution in [3.63, 3.8) is 0 Å². The Morgan fingerprint density at radius 3 is 2.53 bits per heavy atom. The van der Waals surface area contributed by atoms with Crippen molar-refractivity contribution in [3.05, 3.63) is 18.0 Å². The van der Waals surface area contributed by atoms with Gasteiger partial charge in [0.1, 0.15) is 6.04 Å². The number of aliphatic carboxylic acids is 1. The molecule has 0 saturated heterocycles. The van der Waals surface area contributed by atoms with Gasteiger partial charge in [-0.1, -0.05) is 0 Å². The van der Waals surface area contributed by atoms with Crippen molar-refractivity contribution in [2.45, 2.75) is 25.6 Å².